The minimum atomic E-state index is -0.0274. The molecule has 0 aliphatic heterocycles. The summed E-state index contributed by atoms with van der Waals surface area (Å²) in [7, 11) is 0. The van der Waals surface area contributed by atoms with Crippen molar-refractivity contribution in [1.82, 2.24) is 5.32 Å². The van der Waals surface area contributed by atoms with Crippen molar-refractivity contribution in [2.75, 3.05) is 0 Å². The molecular weight excluding hydrogens is 268 g/mol. The molecule has 1 amide bonds. The summed E-state index contributed by atoms with van der Waals surface area (Å²) in [6.45, 7) is 2.62. The highest BCUT2D eigenvalue weighted by Crippen LogP contribution is 2.23. The molecule has 0 aliphatic rings. The second-order valence-corrected chi connectivity index (χ2v) is 5.71. The number of carbonyl (C=O) groups excluding carboxylic acids is 1. The number of carbonyl (C=O) groups is 1. The summed E-state index contributed by atoms with van der Waals surface area (Å²) in [5, 5.41) is 5.16. The van der Waals surface area contributed by atoms with Gasteiger partial charge in [-0.1, -0.05) is 31.5 Å². The summed E-state index contributed by atoms with van der Waals surface area (Å²) in [5.74, 6) is -0.0274. The van der Waals surface area contributed by atoms with E-state index in [1.165, 1.54) is 4.88 Å². The SMILES string of the molecule is CCCC(NC(=O)c1ccc(CN)cc1)c1cccs1. The summed E-state index contributed by atoms with van der Waals surface area (Å²) in [6.07, 6.45) is 1.99. The first-order valence-electron chi connectivity index (χ1n) is 6.88. The maximum absolute atomic E-state index is 12.3. The molecule has 1 heterocycles. The second kappa shape index (κ2) is 7.22. The summed E-state index contributed by atoms with van der Waals surface area (Å²) in [5.41, 5.74) is 7.27. The molecule has 3 N–H and O–H groups in total. The molecule has 1 aromatic heterocycles. The van der Waals surface area contributed by atoms with Gasteiger partial charge in [-0.15, -0.1) is 11.3 Å². The van der Waals surface area contributed by atoms with Gasteiger partial charge in [-0.25, -0.2) is 0 Å². The van der Waals surface area contributed by atoms with Crippen LogP contribution in [0.4, 0.5) is 0 Å². The van der Waals surface area contributed by atoms with E-state index in [-0.39, 0.29) is 11.9 Å². The molecule has 0 aliphatic carbocycles. The molecule has 1 atom stereocenters. The number of hydrogen-bond donors (Lipinski definition) is 2. The van der Waals surface area contributed by atoms with Crippen LogP contribution in [0.15, 0.2) is 41.8 Å². The van der Waals surface area contributed by atoms with Gasteiger partial charge in [0.25, 0.3) is 5.91 Å². The maximum Gasteiger partial charge on any atom is 0.251 e. The van der Waals surface area contributed by atoms with E-state index < -0.39 is 0 Å². The van der Waals surface area contributed by atoms with Crippen LogP contribution in [0.3, 0.4) is 0 Å². The van der Waals surface area contributed by atoms with E-state index in [9.17, 15) is 4.79 Å². The Balaban J connectivity index is 2.07. The first-order chi connectivity index (χ1) is 9.74. The van der Waals surface area contributed by atoms with Gasteiger partial charge in [0.2, 0.25) is 0 Å². The number of thiophene rings is 1. The normalized spacial score (nSPS) is 12.1. The van der Waals surface area contributed by atoms with Crippen molar-refractivity contribution in [3.8, 4) is 0 Å². The predicted molar refractivity (Wildman–Crippen MR) is 83.8 cm³/mol. The van der Waals surface area contributed by atoms with Crippen LogP contribution in [0.25, 0.3) is 0 Å². The van der Waals surface area contributed by atoms with Crippen LogP contribution >= 0.6 is 11.3 Å². The lowest BCUT2D eigenvalue weighted by molar-refractivity contribution is 0.0935. The zero-order valence-corrected chi connectivity index (χ0v) is 12.5. The predicted octanol–water partition coefficient (Wildman–Crippen LogP) is 3.48. The topological polar surface area (TPSA) is 55.1 Å². The van der Waals surface area contributed by atoms with Gasteiger partial charge in [-0.2, -0.15) is 0 Å². The Kier molecular flexibility index (Phi) is 5.32. The third-order valence-corrected chi connectivity index (χ3v) is 4.21. The van der Waals surface area contributed by atoms with E-state index >= 15 is 0 Å². The van der Waals surface area contributed by atoms with Crippen molar-refractivity contribution in [2.45, 2.75) is 32.4 Å². The highest BCUT2D eigenvalue weighted by molar-refractivity contribution is 7.10. The van der Waals surface area contributed by atoms with Gasteiger partial charge in [-0.05, 0) is 35.6 Å². The van der Waals surface area contributed by atoms with Gasteiger partial charge in [0.15, 0.2) is 0 Å². The Labute approximate surface area is 123 Å². The van der Waals surface area contributed by atoms with Crippen molar-refractivity contribution in [1.29, 1.82) is 0 Å². The average molecular weight is 288 g/mol. The number of nitrogens with one attached hydrogen (secondary N) is 1. The fourth-order valence-corrected chi connectivity index (χ4v) is 2.91. The molecule has 3 nitrogen and oxygen atoms in total. The van der Waals surface area contributed by atoms with Crippen LogP contribution in [-0.2, 0) is 6.54 Å². The molecule has 0 bridgehead atoms. The Hall–Kier alpha value is -1.65. The van der Waals surface area contributed by atoms with E-state index in [1.807, 2.05) is 35.7 Å². The van der Waals surface area contributed by atoms with Crippen molar-refractivity contribution in [3.63, 3.8) is 0 Å². The van der Waals surface area contributed by atoms with Crippen LogP contribution in [0.5, 0.6) is 0 Å². The van der Waals surface area contributed by atoms with E-state index in [1.54, 1.807) is 11.3 Å². The van der Waals surface area contributed by atoms with Crippen LogP contribution < -0.4 is 11.1 Å². The first kappa shape index (κ1) is 14.8. The van der Waals surface area contributed by atoms with Crippen LogP contribution in [0, 0.1) is 0 Å². The van der Waals surface area contributed by atoms with Crippen LogP contribution in [-0.4, -0.2) is 5.91 Å². The number of rotatable bonds is 6. The van der Waals surface area contributed by atoms with Crippen molar-refractivity contribution in [2.24, 2.45) is 5.73 Å². The quantitative estimate of drug-likeness (QED) is 0.855. The first-order valence-corrected chi connectivity index (χ1v) is 7.75. The fraction of sp³-hybridized carbons (Fsp3) is 0.312. The van der Waals surface area contributed by atoms with Crippen molar-refractivity contribution >= 4 is 17.2 Å². The summed E-state index contributed by atoms with van der Waals surface area (Å²) in [4.78, 5) is 13.5. The monoisotopic (exact) mass is 288 g/mol. The highest BCUT2D eigenvalue weighted by Gasteiger charge is 2.15. The summed E-state index contributed by atoms with van der Waals surface area (Å²) < 4.78 is 0. The molecular formula is C16H20N2OS. The lowest BCUT2D eigenvalue weighted by Gasteiger charge is -2.17. The van der Waals surface area contributed by atoms with Crippen LogP contribution in [0.2, 0.25) is 0 Å². The van der Waals surface area contributed by atoms with Gasteiger partial charge < -0.3 is 11.1 Å². The Morgan fingerprint density at radius 3 is 2.60 bits per heavy atom. The molecule has 106 valence electrons. The lowest BCUT2D eigenvalue weighted by Crippen LogP contribution is -2.28. The molecule has 1 aromatic carbocycles. The Morgan fingerprint density at radius 1 is 1.30 bits per heavy atom. The molecule has 0 saturated heterocycles. The van der Waals surface area contributed by atoms with Gasteiger partial charge in [0.05, 0.1) is 6.04 Å². The van der Waals surface area contributed by atoms with Gasteiger partial charge in [0.1, 0.15) is 0 Å². The van der Waals surface area contributed by atoms with Crippen molar-refractivity contribution < 1.29 is 4.79 Å². The van der Waals surface area contributed by atoms with Crippen LogP contribution in [0.1, 0.15) is 46.6 Å². The molecule has 0 spiro atoms. The van der Waals surface area contributed by atoms with Gasteiger partial charge in [-0.3, -0.25) is 4.79 Å². The lowest BCUT2D eigenvalue weighted by atomic mass is 10.1. The molecule has 2 aromatic rings. The zero-order chi connectivity index (χ0) is 14.4. The standard InChI is InChI=1S/C16H20N2OS/c1-2-4-14(15-5-3-10-20-15)18-16(19)13-8-6-12(11-17)7-9-13/h3,5-10,14H,2,4,11,17H2,1H3,(H,18,19). The van der Waals surface area contributed by atoms with Gasteiger partial charge >= 0.3 is 0 Å². The number of amides is 1. The molecule has 0 saturated carbocycles. The van der Waals surface area contributed by atoms with E-state index in [0.717, 1.165) is 18.4 Å². The third kappa shape index (κ3) is 3.68. The van der Waals surface area contributed by atoms with Crippen molar-refractivity contribution in [3.05, 3.63) is 57.8 Å². The Morgan fingerprint density at radius 2 is 2.05 bits per heavy atom. The molecule has 20 heavy (non-hydrogen) atoms. The number of benzene rings is 1. The van der Waals surface area contributed by atoms with E-state index in [2.05, 4.69) is 18.3 Å². The largest absolute Gasteiger partial charge is 0.344 e. The second-order valence-electron chi connectivity index (χ2n) is 4.73. The smallest absolute Gasteiger partial charge is 0.251 e. The minimum Gasteiger partial charge on any atom is -0.344 e. The zero-order valence-electron chi connectivity index (χ0n) is 11.6. The molecule has 0 radical (unpaired) electrons. The van der Waals surface area contributed by atoms with Gasteiger partial charge in [0, 0.05) is 17.0 Å². The highest BCUT2D eigenvalue weighted by atomic mass is 32.1. The molecule has 2 rings (SSSR count). The molecule has 1 unspecified atom stereocenters. The summed E-state index contributed by atoms with van der Waals surface area (Å²) >= 11 is 1.68. The minimum absolute atomic E-state index is 0.0274. The third-order valence-electron chi connectivity index (χ3n) is 3.22. The number of hydrogen-bond acceptors (Lipinski definition) is 3. The maximum atomic E-state index is 12.3. The van der Waals surface area contributed by atoms with E-state index in [4.69, 9.17) is 5.73 Å². The molecule has 0 fully saturated rings. The Bertz CT molecular complexity index is 534. The average Bonchev–Trinajstić information content (AvgIpc) is 3.01. The number of nitrogens with two attached hydrogens (primary N) is 1. The molecule has 4 heteroatoms. The van der Waals surface area contributed by atoms with E-state index in [0.29, 0.717) is 12.1 Å². The fourth-order valence-electron chi connectivity index (χ4n) is 2.10. The summed E-state index contributed by atoms with van der Waals surface area (Å²) in [6, 6.07) is 11.6.